The molecule has 0 aromatic carbocycles. The fourth-order valence-electron chi connectivity index (χ4n) is 2.76. The molecule has 0 aliphatic carbocycles. The second kappa shape index (κ2) is 9.90. The molecule has 1 aliphatic rings. The minimum atomic E-state index is 0.442. The molecule has 0 radical (unpaired) electrons. The normalized spacial score (nSPS) is 21.9. The summed E-state index contributed by atoms with van der Waals surface area (Å²) in [5, 5.41) is 0. The Kier molecular flexibility index (Phi) is 8.72. The lowest BCUT2D eigenvalue weighted by Gasteiger charge is -2.30. The minimum Gasteiger partial charge on any atom is -0.327 e. The Bertz CT molecular complexity index is 170. The van der Waals surface area contributed by atoms with E-state index < -0.39 is 0 Å². The van der Waals surface area contributed by atoms with Crippen LogP contribution < -0.4 is 5.73 Å². The van der Waals surface area contributed by atoms with Crippen LogP contribution in [-0.4, -0.2) is 30.6 Å². The van der Waals surface area contributed by atoms with E-state index in [1.54, 1.807) is 0 Å². The van der Waals surface area contributed by atoms with E-state index >= 15 is 0 Å². The molecule has 2 nitrogen and oxygen atoms in total. The summed E-state index contributed by atoms with van der Waals surface area (Å²) >= 11 is 0. The first-order valence-corrected chi connectivity index (χ1v) is 7.81. The van der Waals surface area contributed by atoms with Crippen molar-refractivity contribution >= 4 is 0 Å². The molecule has 1 rings (SSSR count). The Labute approximate surface area is 108 Å². The van der Waals surface area contributed by atoms with Gasteiger partial charge in [0.1, 0.15) is 0 Å². The lowest BCUT2D eigenvalue weighted by atomic mass is 10.1. The summed E-state index contributed by atoms with van der Waals surface area (Å²) in [6.07, 6.45) is 13.9. The number of hydrogen-bond acceptors (Lipinski definition) is 2. The average Bonchev–Trinajstić information content (AvgIpc) is 2.33. The summed E-state index contributed by atoms with van der Waals surface area (Å²) in [6.45, 7) is 5.98. The van der Waals surface area contributed by atoms with E-state index in [9.17, 15) is 0 Å². The SMILES string of the molecule is CCCCCCCCCCN1CCC[C@@H](N)C1. The number of rotatable bonds is 9. The lowest BCUT2D eigenvalue weighted by Crippen LogP contribution is -2.43. The van der Waals surface area contributed by atoms with Gasteiger partial charge in [-0.15, -0.1) is 0 Å². The molecule has 1 atom stereocenters. The Balaban J connectivity index is 1.83. The number of nitrogens with two attached hydrogens (primary N) is 1. The zero-order chi connectivity index (χ0) is 12.3. The molecule has 0 spiro atoms. The van der Waals surface area contributed by atoms with E-state index in [2.05, 4.69) is 11.8 Å². The average molecular weight is 240 g/mol. The van der Waals surface area contributed by atoms with E-state index in [0.29, 0.717) is 6.04 Å². The number of unbranched alkanes of at least 4 members (excludes halogenated alkanes) is 7. The maximum atomic E-state index is 5.98. The first-order valence-electron chi connectivity index (χ1n) is 7.81. The fourth-order valence-corrected chi connectivity index (χ4v) is 2.76. The highest BCUT2D eigenvalue weighted by molar-refractivity contribution is 4.74. The van der Waals surface area contributed by atoms with Gasteiger partial charge >= 0.3 is 0 Å². The quantitative estimate of drug-likeness (QED) is 0.625. The predicted octanol–water partition coefficient (Wildman–Crippen LogP) is 3.55. The number of likely N-dealkylation sites (tertiary alicyclic amines) is 1. The summed E-state index contributed by atoms with van der Waals surface area (Å²) in [5.41, 5.74) is 5.98. The third kappa shape index (κ3) is 7.77. The Morgan fingerprint density at radius 1 is 1.00 bits per heavy atom. The van der Waals surface area contributed by atoms with Crippen LogP contribution in [0.1, 0.15) is 71.1 Å². The zero-order valence-corrected chi connectivity index (χ0v) is 11.8. The molecule has 0 amide bonds. The van der Waals surface area contributed by atoms with Crippen LogP contribution in [0, 0.1) is 0 Å². The molecule has 0 aromatic heterocycles. The summed E-state index contributed by atoms with van der Waals surface area (Å²) in [5.74, 6) is 0. The Hall–Kier alpha value is -0.0800. The van der Waals surface area contributed by atoms with Crippen molar-refractivity contribution in [1.82, 2.24) is 4.90 Å². The molecule has 1 heterocycles. The van der Waals surface area contributed by atoms with Gasteiger partial charge in [0, 0.05) is 12.6 Å². The van der Waals surface area contributed by atoms with Crippen molar-refractivity contribution in [2.75, 3.05) is 19.6 Å². The van der Waals surface area contributed by atoms with Crippen LogP contribution in [-0.2, 0) is 0 Å². The van der Waals surface area contributed by atoms with E-state index in [-0.39, 0.29) is 0 Å². The van der Waals surface area contributed by atoms with Gasteiger partial charge in [-0.1, -0.05) is 51.9 Å². The molecule has 1 fully saturated rings. The number of hydrogen-bond donors (Lipinski definition) is 1. The monoisotopic (exact) mass is 240 g/mol. The highest BCUT2D eigenvalue weighted by atomic mass is 15.1. The van der Waals surface area contributed by atoms with Crippen molar-refractivity contribution in [3.05, 3.63) is 0 Å². The zero-order valence-electron chi connectivity index (χ0n) is 11.8. The molecule has 2 N–H and O–H groups in total. The molecular formula is C15H32N2. The van der Waals surface area contributed by atoms with Gasteiger partial charge < -0.3 is 10.6 Å². The van der Waals surface area contributed by atoms with Crippen LogP contribution in [0.3, 0.4) is 0 Å². The first kappa shape index (κ1) is 15.0. The standard InChI is InChI=1S/C15H32N2/c1-2-3-4-5-6-7-8-9-12-17-13-10-11-15(16)14-17/h15H,2-14,16H2,1H3/t15-/m1/s1. The third-order valence-corrected chi connectivity index (χ3v) is 3.87. The van der Waals surface area contributed by atoms with E-state index in [1.807, 2.05) is 0 Å². The smallest absolute Gasteiger partial charge is 0.0168 e. The molecule has 0 aromatic rings. The van der Waals surface area contributed by atoms with Crippen LogP contribution in [0.15, 0.2) is 0 Å². The van der Waals surface area contributed by atoms with Crippen molar-refractivity contribution in [2.45, 2.75) is 77.2 Å². The molecule has 2 heteroatoms. The highest BCUT2D eigenvalue weighted by Gasteiger charge is 2.15. The van der Waals surface area contributed by atoms with Crippen LogP contribution in [0.25, 0.3) is 0 Å². The van der Waals surface area contributed by atoms with Gasteiger partial charge in [-0.3, -0.25) is 0 Å². The summed E-state index contributed by atoms with van der Waals surface area (Å²) in [7, 11) is 0. The Morgan fingerprint density at radius 3 is 2.29 bits per heavy atom. The second-order valence-electron chi connectivity index (χ2n) is 5.68. The van der Waals surface area contributed by atoms with Crippen LogP contribution in [0.5, 0.6) is 0 Å². The summed E-state index contributed by atoms with van der Waals surface area (Å²) in [4.78, 5) is 2.56. The first-order chi connectivity index (χ1) is 8.33. The molecule has 0 bridgehead atoms. The van der Waals surface area contributed by atoms with Gasteiger partial charge in [0.15, 0.2) is 0 Å². The second-order valence-corrected chi connectivity index (χ2v) is 5.68. The van der Waals surface area contributed by atoms with Crippen LogP contribution >= 0.6 is 0 Å². The topological polar surface area (TPSA) is 29.3 Å². The fraction of sp³-hybridized carbons (Fsp3) is 1.00. The molecule has 1 saturated heterocycles. The minimum absolute atomic E-state index is 0.442. The van der Waals surface area contributed by atoms with Crippen molar-refractivity contribution in [3.8, 4) is 0 Å². The van der Waals surface area contributed by atoms with Gasteiger partial charge in [-0.2, -0.15) is 0 Å². The summed E-state index contributed by atoms with van der Waals surface area (Å²) in [6, 6.07) is 0.442. The third-order valence-electron chi connectivity index (χ3n) is 3.87. The van der Waals surface area contributed by atoms with Crippen molar-refractivity contribution in [2.24, 2.45) is 5.73 Å². The summed E-state index contributed by atoms with van der Waals surface area (Å²) < 4.78 is 0. The van der Waals surface area contributed by atoms with Gasteiger partial charge in [-0.25, -0.2) is 0 Å². The molecular weight excluding hydrogens is 208 g/mol. The van der Waals surface area contributed by atoms with E-state index in [0.717, 1.165) is 6.54 Å². The van der Waals surface area contributed by atoms with Crippen molar-refractivity contribution < 1.29 is 0 Å². The molecule has 17 heavy (non-hydrogen) atoms. The maximum absolute atomic E-state index is 5.98. The highest BCUT2D eigenvalue weighted by Crippen LogP contribution is 2.11. The molecule has 102 valence electrons. The number of piperidine rings is 1. The number of nitrogens with zero attached hydrogens (tertiary/aromatic N) is 1. The predicted molar refractivity (Wildman–Crippen MR) is 76.3 cm³/mol. The van der Waals surface area contributed by atoms with Crippen LogP contribution in [0.2, 0.25) is 0 Å². The van der Waals surface area contributed by atoms with Gasteiger partial charge in [-0.05, 0) is 32.4 Å². The van der Waals surface area contributed by atoms with E-state index in [4.69, 9.17) is 5.73 Å². The largest absolute Gasteiger partial charge is 0.327 e. The molecule has 0 saturated carbocycles. The maximum Gasteiger partial charge on any atom is 0.0168 e. The Morgan fingerprint density at radius 2 is 1.65 bits per heavy atom. The van der Waals surface area contributed by atoms with Crippen LogP contribution in [0.4, 0.5) is 0 Å². The van der Waals surface area contributed by atoms with E-state index in [1.165, 1.54) is 77.3 Å². The van der Waals surface area contributed by atoms with Gasteiger partial charge in [0.05, 0.1) is 0 Å². The van der Waals surface area contributed by atoms with Crippen molar-refractivity contribution in [3.63, 3.8) is 0 Å². The van der Waals surface area contributed by atoms with Gasteiger partial charge in [0.25, 0.3) is 0 Å². The van der Waals surface area contributed by atoms with Crippen molar-refractivity contribution in [1.29, 1.82) is 0 Å². The van der Waals surface area contributed by atoms with Gasteiger partial charge in [0.2, 0.25) is 0 Å². The molecule has 1 aliphatic heterocycles. The lowest BCUT2D eigenvalue weighted by molar-refractivity contribution is 0.205. The molecule has 0 unspecified atom stereocenters.